The Labute approximate surface area is 110 Å². The van der Waals surface area contributed by atoms with Crippen LogP contribution in [0.25, 0.3) is 0 Å². The molecule has 0 spiro atoms. The van der Waals surface area contributed by atoms with E-state index in [-0.39, 0.29) is 5.56 Å². The molecule has 0 amide bonds. The maximum Gasteiger partial charge on any atom is 0.339 e. The highest BCUT2D eigenvalue weighted by molar-refractivity contribution is 5.94. The highest BCUT2D eigenvalue weighted by atomic mass is 16.5. The number of aromatic carboxylic acids is 1. The minimum absolute atomic E-state index is 0.122. The molecular formula is C14H14N2O3. The Morgan fingerprint density at radius 1 is 1.37 bits per heavy atom. The van der Waals surface area contributed by atoms with Crippen molar-refractivity contribution in [3.05, 3.63) is 53.7 Å². The third kappa shape index (κ3) is 3.22. The molecule has 5 nitrogen and oxygen atoms in total. The van der Waals surface area contributed by atoms with Gasteiger partial charge in [-0.1, -0.05) is 30.3 Å². The van der Waals surface area contributed by atoms with E-state index in [4.69, 9.17) is 9.84 Å². The number of carbonyl (C=O) groups is 1. The third-order valence-corrected chi connectivity index (χ3v) is 2.64. The number of nitrogens with zero attached hydrogens (tertiary/aromatic N) is 1. The average Bonchev–Trinajstić information content (AvgIpc) is 2.45. The van der Waals surface area contributed by atoms with Gasteiger partial charge in [0.2, 0.25) is 5.88 Å². The molecule has 2 rings (SSSR count). The summed E-state index contributed by atoms with van der Waals surface area (Å²) in [6, 6.07) is 11.3. The SMILES string of the molecule is COc1cc(NCc2ccccc2)c(C(=O)O)cn1. The zero-order chi connectivity index (χ0) is 13.7. The van der Waals surface area contributed by atoms with Crippen LogP contribution >= 0.6 is 0 Å². The van der Waals surface area contributed by atoms with Crippen molar-refractivity contribution in [1.29, 1.82) is 0 Å². The van der Waals surface area contributed by atoms with E-state index in [1.807, 2.05) is 30.3 Å². The van der Waals surface area contributed by atoms with Gasteiger partial charge in [-0.15, -0.1) is 0 Å². The minimum Gasteiger partial charge on any atom is -0.481 e. The fourth-order valence-electron chi connectivity index (χ4n) is 1.66. The van der Waals surface area contributed by atoms with Gasteiger partial charge in [-0.3, -0.25) is 0 Å². The first-order valence-electron chi connectivity index (χ1n) is 5.76. The number of hydrogen-bond acceptors (Lipinski definition) is 4. The topological polar surface area (TPSA) is 71.5 Å². The highest BCUT2D eigenvalue weighted by Gasteiger charge is 2.11. The second-order valence-electron chi connectivity index (χ2n) is 3.92. The second kappa shape index (κ2) is 5.86. The summed E-state index contributed by atoms with van der Waals surface area (Å²) in [4.78, 5) is 15.0. The van der Waals surface area contributed by atoms with Gasteiger partial charge in [0.05, 0.1) is 12.8 Å². The van der Waals surface area contributed by atoms with Crippen molar-refractivity contribution in [3.63, 3.8) is 0 Å². The molecule has 5 heteroatoms. The Morgan fingerprint density at radius 3 is 2.74 bits per heavy atom. The Balaban J connectivity index is 2.20. The second-order valence-corrected chi connectivity index (χ2v) is 3.92. The van der Waals surface area contributed by atoms with Crippen LogP contribution in [0.1, 0.15) is 15.9 Å². The molecule has 19 heavy (non-hydrogen) atoms. The van der Waals surface area contributed by atoms with E-state index >= 15 is 0 Å². The van der Waals surface area contributed by atoms with Gasteiger partial charge in [0, 0.05) is 18.8 Å². The molecule has 0 aliphatic rings. The molecule has 1 heterocycles. The first-order chi connectivity index (χ1) is 9.20. The highest BCUT2D eigenvalue weighted by Crippen LogP contribution is 2.20. The number of hydrogen-bond donors (Lipinski definition) is 2. The lowest BCUT2D eigenvalue weighted by atomic mass is 10.2. The van der Waals surface area contributed by atoms with E-state index in [0.29, 0.717) is 18.1 Å². The lowest BCUT2D eigenvalue weighted by Gasteiger charge is -2.10. The van der Waals surface area contributed by atoms with Crippen LogP contribution in [-0.4, -0.2) is 23.2 Å². The molecule has 0 unspecified atom stereocenters. The first-order valence-corrected chi connectivity index (χ1v) is 5.76. The molecule has 2 aromatic rings. The molecule has 0 fully saturated rings. The summed E-state index contributed by atoms with van der Waals surface area (Å²) >= 11 is 0. The summed E-state index contributed by atoms with van der Waals surface area (Å²) in [5.41, 5.74) is 1.68. The van der Waals surface area contributed by atoms with Gasteiger partial charge in [0.1, 0.15) is 5.56 Å². The molecule has 0 atom stereocenters. The van der Waals surface area contributed by atoms with Crippen molar-refractivity contribution < 1.29 is 14.6 Å². The molecule has 0 radical (unpaired) electrons. The van der Waals surface area contributed by atoms with Crippen LogP contribution in [0.2, 0.25) is 0 Å². The van der Waals surface area contributed by atoms with E-state index in [1.54, 1.807) is 6.07 Å². The number of anilines is 1. The van der Waals surface area contributed by atoms with Crippen molar-refractivity contribution >= 4 is 11.7 Å². The van der Waals surface area contributed by atoms with Crippen LogP contribution in [0.4, 0.5) is 5.69 Å². The van der Waals surface area contributed by atoms with Crippen LogP contribution < -0.4 is 10.1 Å². The normalized spacial score (nSPS) is 9.95. The van der Waals surface area contributed by atoms with Crippen LogP contribution in [0.5, 0.6) is 5.88 Å². The molecule has 1 aromatic carbocycles. The molecule has 0 saturated carbocycles. The van der Waals surface area contributed by atoms with E-state index in [0.717, 1.165) is 5.56 Å². The van der Waals surface area contributed by atoms with Gasteiger partial charge in [-0.05, 0) is 5.56 Å². The Bertz CT molecular complexity index is 570. The number of pyridine rings is 1. The van der Waals surface area contributed by atoms with Gasteiger partial charge in [0.15, 0.2) is 0 Å². The van der Waals surface area contributed by atoms with Gasteiger partial charge in [-0.2, -0.15) is 0 Å². The van der Waals surface area contributed by atoms with Crippen LogP contribution in [0.3, 0.4) is 0 Å². The lowest BCUT2D eigenvalue weighted by Crippen LogP contribution is -2.07. The largest absolute Gasteiger partial charge is 0.481 e. The summed E-state index contributed by atoms with van der Waals surface area (Å²) in [6.07, 6.45) is 1.29. The predicted molar refractivity (Wildman–Crippen MR) is 71.5 cm³/mol. The molecule has 1 aromatic heterocycles. The summed E-state index contributed by atoms with van der Waals surface area (Å²) in [6.45, 7) is 0.536. The van der Waals surface area contributed by atoms with Crippen LogP contribution in [0, 0.1) is 0 Å². The van der Waals surface area contributed by atoms with E-state index in [9.17, 15) is 4.79 Å². The molecule has 98 valence electrons. The summed E-state index contributed by atoms with van der Waals surface area (Å²) < 4.78 is 5.00. The molecule has 0 saturated heterocycles. The van der Waals surface area contributed by atoms with Gasteiger partial charge >= 0.3 is 5.97 Å². The monoisotopic (exact) mass is 258 g/mol. The fourth-order valence-corrected chi connectivity index (χ4v) is 1.66. The smallest absolute Gasteiger partial charge is 0.339 e. The maximum absolute atomic E-state index is 11.1. The minimum atomic E-state index is -1.02. The molecule has 0 aliphatic heterocycles. The number of benzene rings is 1. The van der Waals surface area contributed by atoms with Crippen molar-refractivity contribution in [3.8, 4) is 5.88 Å². The van der Waals surface area contributed by atoms with E-state index in [2.05, 4.69) is 10.3 Å². The van der Waals surface area contributed by atoms with Crippen molar-refractivity contribution in [2.75, 3.05) is 12.4 Å². The number of rotatable bonds is 5. The number of methoxy groups -OCH3 is 1. The predicted octanol–water partition coefficient (Wildman–Crippen LogP) is 2.40. The van der Waals surface area contributed by atoms with Crippen molar-refractivity contribution in [2.45, 2.75) is 6.54 Å². The van der Waals surface area contributed by atoms with E-state index < -0.39 is 5.97 Å². The fraction of sp³-hybridized carbons (Fsp3) is 0.143. The summed E-state index contributed by atoms with van der Waals surface area (Å²) in [5, 5.41) is 12.2. The number of nitrogens with one attached hydrogen (secondary N) is 1. The quantitative estimate of drug-likeness (QED) is 0.861. The Morgan fingerprint density at radius 2 is 2.11 bits per heavy atom. The van der Waals surface area contributed by atoms with Crippen molar-refractivity contribution in [2.24, 2.45) is 0 Å². The molecule has 0 aliphatic carbocycles. The third-order valence-electron chi connectivity index (χ3n) is 2.64. The van der Waals surface area contributed by atoms with Crippen LogP contribution in [0.15, 0.2) is 42.6 Å². The van der Waals surface area contributed by atoms with Gasteiger partial charge in [-0.25, -0.2) is 9.78 Å². The maximum atomic E-state index is 11.1. The average molecular weight is 258 g/mol. The zero-order valence-electron chi connectivity index (χ0n) is 10.5. The number of ether oxygens (including phenoxy) is 1. The number of aromatic nitrogens is 1. The molecule has 0 bridgehead atoms. The number of carboxylic acids is 1. The number of carboxylic acid groups (broad SMARTS) is 1. The van der Waals surface area contributed by atoms with Crippen molar-refractivity contribution in [1.82, 2.24) is 4.98 Å². The standard InChI is InChI=1S/C14H14N2O3/c1-19-13-7-12(11(9-16-13)14(17)18)15-8-10-5-3-2-4-6-10/h2-7,9H,8H2,1H3,(H,15,16)(H,17,18). The van der Waals surface area contributed by atoms with Gasteiger partial charge in [0.25, 0.3) is 0 Å². The molecular weight excluding hydrogens is 244 g/mol. The Hall–Kier alpha value is -2.56. The zero-order valence-corrected chi connectivity index (χ0v) is 10.5. The first kappa shape index (κ1) is 12.9. The summed E-state index contributed by atoms with van der Waals surface area (Å²) in [5.74, 6) is -0.647. The van der Waals surface area contributed by atoms with E-state index in [1.165, 1.54) is 13.3 Å². The van der Waals surface area contributed by atoms with Gasteiger partial charge < -0.3 is 15.2 Å². The lowest BCUT2D eigenvalue weighted by molar-refractivity contribution is 0.0697. The molecule has 2 N–H and O–H groups in total. The Kier molecular flexibility index (Phi) is 3.97. The van der Waals surface area contributed by atoms with Crippen LogP contribution in [-0.2, 0) is 6.54 Å². The summed E-state index contributed by atoms with van der Waals surface area (Å²) in [7, 11) is 1.49.